The van der Waals surface area contributed by atoms with Crippen LogP contribution in [0, 0.1) is 0 Å². The summed E-state index contributed by atoms with van der Waals surface area (Å²) in [6.07, 6.45) is -14.2. The van der Waals surface area contributed by atoms with Gasteiger partial charge in [-0.2, -0.15) is 0 Å². The summed E-state index contributed by atoms with van der Waals surface area (Å²) < 4.78 is 32.9. The van der Waals surface area contributed by atoms with E-state index in [1.165, 1.54) is 31.6 Å². The van der Waals surface area contributed by atoms with Crippen molar-refractivity contribution in [3.63, 3.8) is 0 Å². The van der Waals surface area contributed by atoms with Gasteiger partial charge in [0.05, 0.1) is 31.3 Å². The van der Waals surface area contributed by atoms with Gasteiger partial charge in [0.25, 0.3) is 0 Å². The van der Waals surface area contributed by atoms with Crippen molar-refractivity contribution in [1.29, 1.82) is 0 Å². The van der Waals surface area contributed by atoms with Crippen molar-refractivity contribution in [2.45, 2.75) is 61.4 Å². The first kappa shape index (κ1) is 30.3. The molecule has 10 atom stereocenters. The van der Waals surface area contributed by atoms with E-state index in [4.69, 9.17) is 28.1 Å². The maximum atomic E-state index is 13.1. The molecule has 0 bridgehead atoms. The summed E-state index contributed by atoms with van der Waals surface area (Å²) in [5.74, 6) is 0.752. The zero-order valence-corrected chi connectivity index (χ0v) is 22.3. The highest BCUT2D eigenvalue weighted by Crippen LogP contribution is 2.29. The Hall–Kier alpha value is -3.15. The summed E-state index contributed by atoms with van der Waals surface area (Å²) in [5, 5.41) is 71.0. The Morgan fingerprint density at radius 3 is 2.05 bits per heavy atom. The molecule has 1 aromatic heterocycles. The van der Waals surface area contributed by atoms with Crippen LogP contribution in [-0.4, -0.2) is 117 Å². The monoisotopic (exact) mass is 592 g/mol. The normalized spacial score (nSPS) is 33.4. The SMILES string of the molecule is COc1ccc(-c2coc3cc(OC4OC(COC5OC(CO)C(O)C(O)C5O)C(O)C(O)C4O)ccc3c2=O)cc1. The number of aliphatic hydroxyl groups is 7. The van der Waals surface area contributed by atoms with E-state index in [0.29, 0.717) is 16.9 Å². The van der Waals surface area contributed by atoms with E-state index in [2.05, 4.69) is 0 Å². The van der Waals surface area contributed by atoms with E-state index in [1.807, 2.05) is 0 Å². The van der Waals surface area contributed by atoms with E-state index in [9.17, 15) is 40.5 Å². The average molecular weight is 593 g/mol. The van der Waals surface area contributed by atoms with Gasteiger partial charge in [0, 0.05) is 6.07 Å². The van der Waals surface area contributed by atoms with Crippen molar-refractivity contribution in [3.8, 4) is 22.6 Å². The Bertz CT molecular complexity index is 1410. The number of rotatable bonds is 8. The minimum Gasteiger partial charge on any atom is -0.497 e. The van der Waals surface area contributed by atoms with Gasteiger partial charge < -0.3 is 63.8 Å². The van der Waals surface area contributed by atoms with Crippen LogP contribution in [0.1, 0.15) is 0 Å². The fourth-order valence-electron chi connectivity index (χ4n) is 4.83. The first-order chi connectivity index (χ1) is 20.1. The number of benzene rings is 2. The summed E-state index contributed by atoms with van der Waals surface area (Å²) in [5.41, 5.74) is 0.869. The lowest BCUT2D eigenvalue weighted by molar-refractivity contribution is -0.323. The van der Waals surface area contributed by atoms with Gasteiger partial charge in [-0.25, -0.2) is 0 Å². The smallest absolute Gasteiger partial charge is 0.229 e. The molecule has 5 rings (SSSR count). The van der Waals surface area contributed by atoms with Gasteiger partial charge in [-0.3, -0.25) is 4.79 Å². The second-order valence-electron chi connectivity index (χ2n) is 10.0. The van der Waals surface area contributed by atoms with Crippen molar-refractivity contribution >= 4 is 11.0 Å². The number of aliphatic hydroxyl groups excluding tert-OH is 7. The van der Waals surface area contributed by atoms with Crippen molar-refractivity contribution in [2.75, 3.05) is 20.3 Å². The predicted molar refractivity (Wildman–Crippen MR) is 142 cm³/mol. The summed E-state index contributed by atoms with van der Waals surface area (Å²) in [6.45, 7) is -1.17. The molecule has 14 heteroatoms. The molecule has 0 amide bonds. The van der Waals surface area contributed by atoms with E-state index < -0.39 is 74.6 Å². The van der Waals surface area contributed by atoms with Crippen molar-refractivity contribution in [3.05, 3.63) is 59.0 Å². The molecule has 2 saturated heterocycles. The summed E-state index contributed by atoms with van der Waals surface area (Å²) in [6, 6.07) is 11.2. The van der Waals surface area contributed by atoms with Crippen LogP contribution in [0.25, 0.3) is 22.1 Å². The molecular formula is C28H32O14. The maximum absolute atomic E-state index is 13.1. The molecular weight excluding hydrogens is 560 g/mol. The van der Waals surface area contributed by atoms with Crippen LogP contribution in [0.4, 0.5) is 0 Å². The molecule has 0 saturated carbocycles. The molecule has 3 aromatic rings. The lowest BCUT2D eigenvalue weighted by Gasteiger charge is -2.42. The highest BCUT2D eigenvalue weighted by Gasteiger charge is 2.47. The van der Waals surface area contributed by atoms with Gasteiger partial charge in [0.2, 0.25) is 6.29 Å². The van der Waals surface area contributed by atoms with Gasteiger partial charge in [-0.05, 0) is 29.8 Å². The third kappa shape index (κ3) is 5.87. The highest BCUT2D eigenvalue weighted by molar-refractivity contribution is 5.82. The van der Waals surface area contributed by atoms with E-state index in [1.54, 1.807) is 24.3 Å². The molecule has 228 valence electrons. The first-order valence-corrected chi connectivity index (χ1v) is 13.1. The molecule has 2 fully saturated rings. The van der Waals surface area contributed by atoms with Crippen LogP contribution in [0.5, 0.6) is 11.5 Å². The second-order valence-corrected chi connectivity index (χ2v) is 10.0. The molecule has 10 unspecified atom stereocenters. The number of methoxy groups -OCH3 is 1. The Kier molecular flexibility index (Phi) is 9.10. The van der Waals surface area contributed by atoms with Gasteiger partial charge in [-0.1, -0.05) is 12.1 Å². The Balaban J connectivity index is 1.29. The van der Waals surface area contributed by atoms with Gasteiger partial charge in [0.1, 0.15) is 72.2 Å². The molecule has 2 aliphatic heterocycles. The highest BCUT2D eigenvalue weighted by atomic mass is 16.7. The van der Waals surface area contributed by atoms with E-state index in [0.717, 1.165) is 0 Å². The second kappa shape index (κ2) is 12.6. The Morgan fingerprint density at radius 1 is 0.762 bits per heavy atom. The fraction of sp³-hybridized carbons (Fsp3) is 0.464. The third-order valence-electron chi connectivity index (χ3n) is 7.34. The van der Waals surface area contributed by atoms with Gasteiger partial charge in [0.15, 0.2) is 11.7 Å². The zero-order chi connectivity index (χ0) is 30.1. The molecule has 7 N–H and O–H groups in total. The predicted octanol–water partition coefficient (Wildman–Crippen LogP) is -1.53. The minimum absolute atomic E-state index is 0.115. The lowest BCUT2D eigenvalue weighted by atomic mass is 9.98. The topological polar surface area (TPSA) is 218 Å². The zero-order valence-electron chi connectivity index (χ0n) is 22.3. The Labute approximate surface area is 238 Å². The van der Waals surface area contributed by atoms with Crippen molar-refractivity contribution in [2.24, 2.45) is 0 Å². The molecule has 2 aliphatic rings. The van der Waals surface area contributed by atoms with Crippen LogP contribution in [-0.2, 0) is 14.2 Å². The lowest BCUT2D eigenvalue weighted by Crippen LogP contribution is -2.62. The van der Waals surface area contributed by atoms with Crippen LogP contribution in [0.3, 0.4) is 0 Å². The van der Waals surface area contributed by atoms with Crippen LogP contribution in [0.15, 0.2) is 57.9 Å². The number of hydrogen-bond donors (Lipinski definition) is 7. The van der Waals surface area contributed by atoms with Crippen LogP contribution >= 0.6 is 0 Å². The molecule has 14 nitrogen and oxygen atoms in total. The van der Waals surface area contributed by atoms with Gasteiger partial charge in [-0.15, -0.1) is 0 Å². The number of ether oxygens (including phenoxy) is 5. The van der Waals surface area contributed by atoms with E-state index in [-0.39, 0.29) is 22.1 Å². The molecule has 42 heavy (non-hydrogen) atoms. The summed E-state index contributed by atoms with van der Waals surface area (Å²) in [4.78, 5) is 13.1. The minimum atomic E-state index is -1.72. The third-order valence-corrected chi connectivity index (χ3v) is 7.34. The number of hydrogen-bond acceptors (Lipinski definition) is 14. The van der Waals surface area contributed by atoms with Gasteiger partial charge >= 0.3 is 0 Å². The molecule has 0 aliphatic carbocycles. The largest absolute Gasteiger partial charge is 0.497 e. The maximum Gasteiger partial charge on any atom is 0.229 e. The Morgan fingerprint density at radius 2 is 1.38 bits per heavy atom. The number of fused-ring (bicyclic) bond motifs is 1. The van der Waals surface area contributed by atoms with E-state index >= 15 is 0 Å². The molecule has 0 spiro atoms. The van der Waals surface area contributed by atoms with Crippen molar-refractivity contribution < 1.29 is 63.8 Å². The quantitative estimate of drug-likeness (QED) is 0.158. The van der Waals surface area contributed by atoms with Crippen LogP contribution in [0.2, 0.25) is 0 Å². The standard InChI is InChI=1S/C28H32O14/c1-37-13-4-2-12(3-5-13)16-10-38-17-8-14(6-7-15(17)20(16)30)40-28-26(36)24(34)22(32)19(42-28)11-39-27-25(35)23(33)21(31)18(9-29)41-27/h2-8,10,18-19,21-29,31-36H,9,11H2,1H3. The fourth-order valence-corrected chi connectivity index (χ4v) is 4.83. The molecule has 3 heterocycles. The summed E-state index contributed by atoms with van der Waals surface area (Å²) >= 11 is 0. The molecule has 0 radical (unpaired) electrons. The first-order valence-electron chi connectivity index (χ1n) is 13.1. The van der Waals surface area contributed by atoms with Crippen molar-refractivity contribution in [1.82, 2.24) is 0 Å². The van der Waals surface area contributed by atoms with Crippen LogP contribution < -0.4 is 14.9 Å². The summed E-state index contributed by atoms with van der Waals surface area (Å²) in [7, 11) is 1.54. The molecule has 2 aromatic carbocycles. The average Bonchev–Trinajstić information content (AvgIpc) is 3.00.